The zero-order chi connectivity index (χ0) is 19.1. The zero-order valence-corrected chi connectivity index (χ0v) is 16.5. The van der Waals surface area contributed by atoms with Gasteiger partial charge in [0, 0.05) is 18.8 Å². The molecule has 1 heterocycles. The maximum absolute atomic E-state index is 12.7. The van der Waals surface area contributed by atoms with Crippen molar-refractivity contribution in [1.29, 1.82) is 0 Å². The molecule has 0 aliphatic carbocycles. The highest BCUT2D eigenvalue weighted by Gasteiger charge is 2.34. The summed E-state index contributed by atoms with van der Waals surface area (Å²) >= 11 is 0. The average Bonchev–Trinajstić information content (AvgIpc) is 2.66. The van der Waals surface area contributed by atoms with Crippen molar-refractivity contribution in [2.24, 2.45) is 0 Å². The molecule has 4 N–H and O–H groups in total. The summed E-state index contributed by atoms with van der Waals surface area (Å²) in [5, 5.41) is 9.54. The van der Waals surface area contributed by atoms with Gasteiger partial charge in [0.25, 0.3) is 0 Å². The van der Waals surface area contributed by atoms with Crippen molar-refractivity contribution in [2.45, 2.75) is 46.1 Å². The second-order valence-electron chi connectivity index (χ2n) is 6.17. The van der Waals surface area contributed by atoms with Gasteiger partial charge in [0.1, 0.15) is 0 Å². The minimum absolute atomic E-state index is 0.554. The standard InChI is InChI=1S/C11H19N.C9H18FN3/c1-5-10(4)8-11(6-2)9-12-7-3;1-3-12-8(2)9(13-10)4-6-11-7-5-9/h5-6,8,12H,2,7,9H2,1,3-4H3;11-13H,2-7H2,1H3/b10-5-,11-8+;. The Morgan fingerprint density at radius 1 is 1.24 bits per heavy atom. The first-order valence-corrected chi connectivity index (χ1v) is 9.18. The van der Waals surface area contributed by atoms with Crippen LogP contribution >= 0.6 is 0 Å². The van der Waals surface area contributed by atoms with Gasteiger partial charge in [-0.05, 0) is 58.8 Å². The molecule has 0 aromatic carbocycles. The van der Waals surface area contributed by atoms with E-state index in [9.17, 15) is 4.48 Å². The van der Waals surface area contributed by atoms with Crippen molar-refractivity contribution in [1.82, 2.24) is 21.5 Å². The molecule has 5 heteroatoms. The molecule has 1 rings (SSSR count). The SMILES string of the molecule is C=C(NCC)C1(NF)CCNCC1.C=C/C(=C\C(C)=C/C)CNCC. The van der Waals surface area contributed by atoms with Gasteiger partial charge in [-0.15, -0.1) is 10.0 Å². The van der Waals surface area contributed by atoms with Crippen LogP contribution in [0.3, 0.4) is 0 Å². The van der Waals surface area contributed by atoms with Gasteiger partial charge in [-0.2, -0.15) is 0 Å². The van der Waals surface area contributed by atoms with E-state index in [0.717, 1.165) is 51.3 Å². The van der Waals surface area contributed by atoms with Crippen molar-refractivity contribution in [2.75, 3.05) is 32.7 Å². The van der Waals surface area contributed by atoms with Crippen molar-refractivity contribution in [3.8, 4) is 0 Å². The van der Waals surface area contributed by atoms with E-state index in [0.29, 0.717) is 0 Å². The van der Waals surface area contributed by atoms with Crippen LogP contribution in [0, 0.1) is 0 Å². The molecular formula is C20H37FN4. The van der Waals surface area contributed by atoms with Crippen LogP contribution in [0.5, 0.6) is 0 Å². The monoisotopic (exact) mass is 352 g/mol. The molecule has 0 aromatic heterocycles. The van der Waals surface area contributed by atoms with Gasteiger partial charge in [-0.3, -0.25) is 0 Å². The smallest absolute Gasteiger partial charge is 0.0893 e. The van der Waals surface area contributed by atoms with Crippen LogP contribution in [0.4, 0.5) is 4.48 Å². The van der Waals surface area contributed by atoms with Gasteiger partial charge in [0.15, 0.2) is 0 Å². The number of halogens is 1. The molecule has 0 spiro atoms. The Morgan fingerprint density at radius 3 is 2.32 bits per heavy atom. The molecule has 0 amide bonds. The third-order valence-corrected chi connectivity index (χ3v) is 4.32. The van der Waals surface area contributed by atoms with Crippen LogP contribution < -0.4 is 21.5 Å². The molecule has 144 valence electrons. The molecule has 0 bridgehead atoms. The lowest BCUT2D eigenvalue weighted by molar-refractivity contribution is 0.155. The van der Waals surface area contributed by atoms with Gasteiger partial charge in [0.05, 0.1) is 5.54 Å². The van der Waals surface area contributed by atoms with Crippen molar-refractivity contribution >= 4 is 0 Å². The average molecular weight is 353 g/mol. The van der Waals surface area contributed by atoms with Crippen molar-refractivity contribution in [3.63, 3.8) is 0 Å². The molecule has 1 aliphatic rings. The van der Waals surface area contributed by atoms with E-state index in [4.69, 9.17) is 0 Å². The molecule has 0 saturated carbocycles. The topological polar surface area (TPSA) is 48.1 Å². The molecule has 4 nitrogen and oxygen atoms in total. The Balaban J connectivity index is 0.000000463. The first-order chi connectivity index (χ1) is 12.0. The second-order valence-corrected chi connectivity index (χ2v) is 6.17. The van der Waals surface area contributed by atoms with E-state index in [2.05, 4.69) is 55.1 Å². The van der Waals surface area contributed by atoms with E-state index >= 15 is 0 Å². The van der Waals surface area contributed by atoms with Gasteiger partial charge >= 0.3 is 0 Å². The number of piperidine rings is 1. The highest BCUT2D eigenvalue weighted by Crippen LogP contribution is 2.24. The number of nitrogens with one attached hydrogen (secondary N) is 4. The number of rotatable bonds is 9. The lowest BCUT2D eigenvalue weighted by Gasteiger charge is -2.37. The van der Waals surface area contributed by atoms with Crippen LogP contribution in [0.1, 0.15) is 40.5 Å². The fourth-order valence-electron chi connectivity index (χ4n) is 2.52. The summed E-state index contributed by atoms with van der Waals surface area (Å²) < 4.78 is 12.7. The molecule has 0 atom stereocenters. The maximum atomic E-state index is 12.7. The third kappa shape index (κ3) is 9.00. The molecule has 1 aliphatic heterocycles. The number of likely N-dealkylation sites (N-methyl/N-ethyl adjacent to an activating group) is 2. The van der Waals surface area contributed by atoms with E-state index in [1.54, 1.807) is 0 Å². The fraction of sp³-hybridized carbons (Fsp3) is 0.600. The second kappa shape index (κ2) is 13.8. The van der Waals surface area contributed by atoms with E-state index < -0.39 is 5.54 Å². The number of allylic oxidation sites excluding steroid dienone is 3. The van der Waals surface area contributed by atoms with Crippen LogP contribution in [-0.2, 0) is 0 Å². The Bertz CT molecular complexity index is 449. The molecule has 0 aromatic rings. The molecule has 0 unspecified atom stereocenters. The highest BCUT2D eigenvalue weighted by atomic mass is 19.2. The number of hydrogen-bond donors (Lipinski definition) is 4. The summed E-state index contributed by atoms with van der Waals surface area (Å²) in [7, 11) is 0. The Morgan fingerprint density at radius 2 is 1.88 bits per heavy atom. The summed E-state index contributed by atoms with van der Waals surface area (Å²) in [4.78, 5) is 0. The minimum Gasteiger partial charge on any atom is -0.388 e. The Kier molecular flexibility index (Phi) is 13.0. The Labute approximate surface area is 153 Å². The summed E-state index contributed by atoms with van der Waals surface area (Å²) in [6.45, 7) is 20.2. The summed E-state index contributed by atoms with van der Waals surface area (Å²) in [5.74, 6) is 0. The number of hydrogen-bond acceptors (Lipinski definition) is 4. The van der Waals surface area contributed by atoms with Crippen LogP contribution in [-0.4, -0.2) is 38.3 Å². The first kappa shape index (κ1) is 23.6. The minimum atomic E-state index is -0.554. The van der Waals surface area contributed by atoms with E-state index in [-0.39, 0.29) is 0 Å². The van der Waals surface area contributed by atoms with Crippen LogP contribution in [0.25, 0.3) is 0 Å². The van der Waals surface area contributed by atoms with Gasteiger partial charge in [-0.25, -0.2) is 0 Å². The fourth-order valence-corrected chi connectivity index (χ4v) is 2.52. The molecule has 1 fully saturated rings. The van der Waals surface area contributed by atoms with Crippen LogP contribution in [0.2, 0.25) is 0 Å². The summed E-state index contributed by atoms with van der Waals surface area (Å²) in [6, 6.07) is 0. The third-order valence-electron chi connectivity index (χ3n) is 4.32. The molecule has 1 saturated heterocycles. The van der Waals surface area contributed by atoms with E-state index in [1.165, 1.54) is 11.1 Å². The summed E-state index contributed by atoms with van der Waals surface area (Å²) in [6.07, 6.45) is 7.63. The summed E-state index contributed by atoms with van der Waals surface area (Å²) in [5.41, 5.74) is 4.63. The predicted molar refractivity (Wildman–Crippen MR) is 108 cm³/mol. The van der Waals surface area contributed by atoms with Crippen LogP contribution in [0.15, 0.2) is 48.2 Å². The van der Waals surface area contributed by atoms with Gasteiger partial charge in [-0.1, -0.05) is 43.9 Å². The largest absolute Gasteiger partial charge is 0.388 e. The van der Waals surface area contributed by atoms with Gasteiger partial charge < -0.3 is 16.0 Å². The molecular weight excluding hydrogens is 315 g/mol. The van der Waals surface area contributed by atoms with E-state index in [1.807, 2.05) is 25.5 Å². The maximum Gasteiger partial charge on any atom is 0.0893 e. The Hall–Kier alpha value is -1.43. The highest BCUT2D eigenvalue weighted by molar-refractivity contribution is 5.28. The lowest BCUT2D eigenvalue weighted by Crippen LogP contribution is -2.53. The molecule has 25 heavy (non-hydrogen) atoms. The van der Waals surface area contributed by atoms with Crippen molar-refractivity contribution < 1.29 is 4.48 Å². The quantitative estimate of drug-likeness (QED) is 0.380. The molecule has 0 radical (unpaired) electrons. The normalized spacial score (nSPS) is 17.3. The van der Waals surface area contributed by atoms with Gasteiger partial charge in [0.2, 0.25) is 0 Å². The van der Waals surface area contributed by atoms with Crippen molar-refractivity contribution in [3.05, 3.63) is 48.2 Å². The lowest BCUT2D eigenvalue weighted by atomic mass is 9.86. The zero-order valence-electron chi connectivity index (χ0n) is 16.5. The first-order valence-electron chi connectivity index (χ1n) is 9.18. The predicted octanol–water partition coefficient (Wildman–Crippen LogP) is 3.38.